The van der Waals surface area contributed by atoms with E-state index >= 15 is 0 Å². The van der Waals surface area contributed by atoms with Crippen LogP contribution in [-0.4, -0.2) is 17.6 Å². The Hall–Kier alpha value is -1.92. The number of unbranched alkanes of at least 4 members (excludes halogenated alkanes) is 4. The maximum atomic E-state index is 12.3. The summed E-state index contributed by atoms with van der Waals surface area (Å²) >= 11 is 8.64. The van der Waals surface area contributed by atoms with Gasteiger partial charge in [0.2, 0.25) is 0 Å². The van der Waals surface area contributed by atoms with E-state index in [1.165, 1.54) is 25.7 Å². The Balaban J connectivity index is 1.77. The Bertz CT molecular complexity index is 750. The molecule has 0 aromatic heterocycles. The number of carbonyl (C=O) groups is 1. The van der Waals surface area contributed by atoms with Gasteiger partial charge in [-0.15, -0.1) is 0 Å². The van der Waals surface area contributed by atoms with E-state index in [4.69, 9.17) is 17.0 Å². The zero-order valence-corrected chi connectivity index (χ0v) is 17.9. The Morgan fingerprint density at radius 3 is 2.44 bits per heavy atom. The highest BCUT2D eigenvalue weighted by atomic mass is 79.9. The van der Waals surface area contributed by atoms with Crippen LogP contribution >= 0.6 is 28.1 Å². The third-order valence-corrected chi connectivity index (χ3v) is 4.88. The fourth-order valence-electron chi connectivity index (χ4n) is 2.49. The van der Waals surface area contributed by atoms with Gasteiger partial charge in [-0.1, -0.05) is 44.7 Å². The van der Waals surface area contributed by atoms with E-state index < -0.39 is 0 Å². The molecule has 0 heterocycles. The summed E-state index contributed by atoms with van der Waals surface area (Å²) in [6.45, 7) is 2.91. The molecule has 0 aliphatic heterocycles. The number of rotatable bonds is 9. The second kappa shape index (κ2) is 11.7. The molecule has 2 rings (SSSR count). The van der Waals surface area contributed by atoms with Crippen LogP contribution in [0.2, 0.25) is 0 Å². The fraction of sp³-hybridized carbons (Fsp3) is 0.333. The van der Waals surface area contributed by atoms with Gasteiger partial charge in [-0.25, -0.2) is 0 Å². The Kier molecular flexibility index (Phi) is 9.28. The second-order valence-electron chi connectivity index (χ2n) is 6.18. The Morgan fingerprint density at radius 2 is 1.74 bits per heavy atom. The lowest BCUT2D eigenvalue weighted by atomic mass is 10.2. The van der Waals surface area contributed by atoms with Crippen molar-refractivity contribution >= 4 is 44.9 Å². The quantitative estimate of drug-likeness (QED) is 0.368. The minimum atomic E-state index is -0.259. The van der Waals surface area contributed by atoms with Crippen molar-refractivity contribution in [2.24, 2.45) is 0 Å². The molecule has 0 radical (unpaired) electrons. The van der Waals surface area contributed by atoms with Crippen LogP contribution in [0.3, 0.4) is 0 Å². The standard InChI is InChI=1S/C21H25BrN2O2S/c1-2-3-4-5-8-15-26-17-13-11-16(12-14-17)20(25)24-21(27)23-19-10-7-6-9-18(19)22/h6-7,9-14H,2-5,8,15H2,1H3,(H2,23,24,25,27). The molecule has 144 valence electrons. The number of halogens is 1. The highest BCUT2D eigenvalue weighted by molar-refractivity contribution is 9.10. The van der Waals surface area contributed by atoms with E-state index in [9.17, 15) is 4.79 Å². The first-order chi connectivity index (χ1) is 13.1. The molecule has 1 amide bonds. The summed E-state index contributed by atoms with van der Waals surface area (Å²) in [5.74, 6) is 0.515. The molecule has 2 N–H and O–H groups in total. The molecule has 4 nitrogen and oxygen atoms in total. The number of carbonyl (C=O) groups excluding carboxylic acids is 1. The van der Waals surface area contributed by atoms with Crippen molar-refractivity contribution in [3.8, 4) is 5.75 Å². The summed E-state index contributed by atoms with van der Waals surface area (Å²) in [6, 6.07) is 14.7. The fourth-order valence-corrected chi connectivity index (χ4v) is 3.08. The molecule has 0 bridgehead atoms. The van der Waals surface area contributed by atoms with E-state index in [2.05, 4.69) is 33.5 Å². The Labute approximate surface area is 174 Å². The minimum absolute atomic E-state index is 0.249. The maximum absolute atomic E-state index is 12.3. The molecule has 27 heavy (non-hydrogen) atoms. The molecule has 0 spiro atoms. The first-order valence-electron chi connectivity index (χ1n) is 9.20. The number of hydrogen-bond acceptors (Lipinski definition) is 3. The van der Waals surface area contributed by atoms with Gasteiger partial charge in [-0.05, 0) is 71.0 Å². The first kappa shape index (κ1) is 21.4. The predicted molar refractivity (Wildman–Crippen MR) is 119 cm³/mol. The molecular weight excluding hydrogens is 424 g/mol. The number of thiocarbonyl (C=S) groups is 1. The van der Waals surface area contributed by atoms with Crippen molar-refractivity contribution in [3.05, 3.63) is 58.6 Å². The highest BCUT2D eigenvalue weighted by Gasteiger charge is 2.09. The first-order valence-corrected chi connectivity index (χ1v) is 10.4. The number of hydrogen-bond donors (Lipinski definition) is 2. The van der Waals surface area contributed by atoms with Gasteiger partial charge >= 0.3 is 0 Å². The molecule has 0 saturated heterocycles. The van der Waals surface area contributed by atoms with E-state index in [0.717, 1.165) is 22.3 Å². The second-order valence-corrected chi connectivity index (χ2v) is 7.44. The zero-order valence-electron chi connectivity index (χ0n) is 15.5. The number of nitrogens with one attached hydrogen (secondary N) is 2. The summed E-state index contributed by atoms with van der Waals surface area (Å²) in [7, 11) is 0. The monoisotopic (exact) mass is 448 g/mol. The molecule has 0 atom stereocenters. The van der Waals surface area contributed by atoms with Crippen LogP contribution in [0.15, 0.2) is 53.0 Å². The summed E-state index contributed by atoms with van der Waals surface area (Å²) in [5.41, 5.74) is 1.33. The number of anilines is 1. The van der Waals surface area contributed by atoms with Gasteiger partial charge < -0.3 is 10.1 Å². The van der Waals surface area contributed by atoms with E-state index in [1.54, 1.807) is 12.1 Å². The van der Waals surface area contributed by atoms with Crippen molar-refractivity contribution in [2.45, 2.75) is 39.0 Å². The van der Waals surface area contributed by atoms with Gasteiger partial charge in [0.25, 0.3) is 5.91 Å². The minimum Gasteiger partial charge on any atom is -0.494 e. The summed E-state index contributed by atoms with van der Waals surface area (Å²) < 4.78 is 6.59. The van der Waals surface area contributed by atoms with E-state index in [-0.39, 0.29) is 11.0 Å². The summed E-state index contributed by atoms with van der Waals surface area (Å²) in [6.07, 6.45) is 6.02. The van der Waals surface area contributed by atoms with Crippen LogP contribution in [0, 0.1) is 0 Å². The van der Waals surface area contributed by atoms with Crippen molar-refractivity contribution in [1.82, 2.24) is 5.32 Å². The van der Waals surface area contributed by atoms with Gasteiger partial charge in [0.1, 0.15) is 5.75 Å². The molecule has 6 heteroatoms. The number of ether oxygens (including phenoxy) is 1. The molecular formula is C21H25BrN2O2S. The zero-order chi connectivity index (χ0) is 19.5. The van der Waals surface area contributed by atoms with E-state index in [0.29, 0.717) is 12.2 Å². The lowest BCUT2D eigenvalue weighted by molar-refractivity contribution is 0.0977. The molecule has 0 fully saturated rings. The van der Waals surface area contributed by atoms with Crippen molar-refractivity contribution in [3.63, 3.8) is 0 Å². The van der Waals surface area contributed by atoms with Crippen LogP contribution in [0.4, 0.5) is 5.69 Å². The lowest BCUT2D eigenvalue weighted by Crippen LogP contribution is -2.34. The van der Waals surface area contributed by atoms with Crippen molar-refractivity contribution in [1.29, 1.82) is 0 Å². The molecule has 0 aliphatic carbocycles. The maximum Gasteiger partial charge on any atom is 0.257 e. The highest BCUT2D eigenvalue weighted by Crippen LogP contribution is 2.21. The number of benzene rings is 2. The smallest absolute Gasteiger partial charge is 0.257 e. The van der Waals surface area contributed by atoms with Crippen molar-refractivity contribution in [2.75, 3.05) is 11.9 Å². The Morgan fingerprint density at radius 1 is 1.04 bits per heavy atom. The van der Waals surface area contributed by atoms with E-state index in [1.807, 2.05) is 36.4 Å². The largest absolute Gasteiger partial charge is 0.494 e. The van der Waals surface area contributed by atoms with Crippen LogP contribution in [0.1, 0.15) is 49.4 Å². The van der Waals surface area contributed by atoms with Gasteiger partial charge in [0.15, 0.2) is 5.11 Å². The summed E-state index contributed by atoms with van der Waals surface area (Å²) in [4.78, 5) is 12.3. The average molecular weight is 449 g/mol. The third kappa shape index (κ3) is 7.69. The SMILES string of the molecule is CCCCCCCOc1ccc(C(=O)NC(=S)Nc2ccccc2Br)cc1. The molecule has 0 saturated carbocycles. The van der Waals surface area contributed by atoms with Crippen molar-refractivity contribution < 1.29 is 9.53 Å². The van der Waals surface area contributed by atoms with Crippen LogP contribution in [0.5, 0.6) is 5.75 Å². The summed E-state index contributed by atoms with van der Waals surface area (Å²) in [5, 5.41) is 5.93. The van der Waals surface area contributed by atoms with Crippen LogP contribution in [-0.2, 0) is 0 Å². The van der Waals surface area contributed by atoms with Gasteiger partial charge in [0, 0.05) is 10.0 Å². The predicted octanol–water partition coefficient (Wildman–Crippen LogP) is 5.93. The number of amides is 1. The average Bonchev–Trinajstić information content (AvgIpc) is 2.67. The van der Waals surface area contributed by atoms with Gasteiger partial charge in [-0.3, -0.25) is 10.1 Å². The van der Waals surface area contributed by atoms with Gasteiger partial charge in [-0.2, -0.15) is 0 Å². The normalized spacial score (nSPS) is 10.3. The van der Waals surface area contributed by atoms with Gasteiger partial charge in [0.05, 0.1) is 12.3 Å². The van der Waals surface area contributed by atoms with Crippen LogP contribution < -0.4 is 15.4 Å². The number of para-hydroxylation sites is 1. The molecule has 0 aliphatic rings. The topological polar surface area (TPSA) is 50.4 Å². The van der Waals surface area contributed by atoms with Crippen LogP contribution in [0.25, 0.3) is 0 Å². The third-order valence-electron chi connectivity index (χ3n) is 3.98. The molecule has 2 aromatic carbocycles. The lowest BCUT2D eigenvalue weighted by Gasteiger charge is -2.11. The molecule has 2 aromatic rings. The molecule has 0 unspecified atom stereocenters.